The minimum atomic E-state index is -2.52. The summed E-state index contributed by atoms with van der Waals surface area (Å²) in [5.41, 5.74) is 0.447. The Morgan fingerprint density at radius 3 is 2.67 bits per heavy atom. The van der Waals surface area contributed by atoms with Crippen LogP contribution in [0.3, 0.4) is 0 Å². The van der Waals surface area contributed by atoms with Crippen LogP contribution in [-0.2, 0) is 0 Å². The third-order valence-electron chi connectivity index (χ3n) is 1.50. The van der Waals surface area contributed by atoms with E-state index in [1.807, 2.05) is 0 Å². The molecule has 12 heavy (non-hydrogen) atoms. The molecule has 4 heteroatoms. The van der Waals surface area contributed by atoms with Crippen LogP contribution in [0.1, 0.15) is 23.2 Å². The standard InChI is InChI=1S/C8H6F2N2/c1-5-2-6(3-11)12-4-7(5)8(9)10/h2,4,8H,1H3. The van der Waals surface area contributed by atoms with Gasteiger partial charge in [-0.25, -0.2) is 13.8 Å². The van der Waals surface area contributed by atoms with Gasteiger partial charge in [0.05, 0.1) is 0 Å². The first-order valence-electron chi connectivity index (χ1n) is 3.30. The first-order chi connectivity index (χ1) is 5.65. The molecule has 0 aliphatic rings. The van der Waals surface area contributed by atoms with E-state index in [4.69, 9.17) is 5.26 Å². The lowest BCUT2D eigenvalue weighted by atomic mass is 10.1. The van der Waals surface area contributed by atoms with E-state index in [1.54, 1.807) is 6.07 Å². The second-order valence-corrected chi connectivity index (χ2v) is 2.34. The first kappa shape index (κ1) is 8.60. The zero-order valence-corrected chi connectivity index (χ0v) is 6.38. The molecule has 0 spiro atoms. The maximum absolute atomic E-state index is 12.1. The molecule has 1 aromatic rings. The van der Waals surface area contributed by atoms with Crippen molar-refractivity contribution in [2.45, 2.75) is 13.3 Å². The van der Waals surface area contributed by atoms with Gasteiger partial charge in [-0.15, -0.1) is 0 Å². The Hall–Kier alpha value is -1.50. The summed E-state index contributed by atoms with van der Waals surface area (Å²) in [5, 5.41) is 8.39. The molecular formula is C8H6F2N2. The minimum absolute atomic E-state index is 0.117. The van der Waals surface area contributed by atoms with E-state index in [2.05, 4.69) is 4.98 Å². The van der Waals surface area contributed by atoms with Crippen molar-refractivity contribution in [1.82, 2.24) is 4.98 Å². The summed E-state index contributed by atoms with van der Waals surface area (Å²) in [6.45, 7) is 1.53. The van der Waals surface area contributed by atoms with Gasteiger partial charge in [0.15, 0.2) is 0 Å². The van der Waals surface area contributed by atoms with Gasteiger partial charge in [-0.3, -0.25) is 0 Å². The Morgan fingerprint density at radius 2 is 2.25 bits per heavy atom. The first-order valence-corrected chi connectivity index (χ1v) is 3.30. The topological polar surface area (TPSA) is 36.7 Å². The van der Waals surface area contributed by atoms with E-state index >= 15 is 0 Å². The van der Waals surface area contributed by atoms with Gasteiger partial charge in [-0.1, -0.05) is 0 Å². The van der Waals surface area contributed by atoms with Crippen LogP contribution in [0, 0.1) is 18.3 Å². The zero-order chi connectivity index (χ0) is 9.14. The van der Waals surface area contributed by atoms with Crippen molar-refractivity contribution in [2.75, 3.05) is 0 Å². The normalized spacial score (nSPS) is 9.92. The molecule has 0 atom stereocenters. The Bertz CT molecular complexity index is 328. The second kappa shape index (κ2) is 3.26. The maximum atomic E-state index is 12.1. The van der Waals surface area contributed by atoms with Crippen molar-refractivity contribution in [3.63, 3.8) is 0 Å². The van der Waals surface area contributed by atoms with Gasteiger partial charge in [-0.2, -0.15) is 5.26 Å². The highest BCUT2D eigenvalue weighted by atomic mass is 19.3. The third kappa shape index (κ3) is 1.56. The number of pyridine rings is 1. The van der Waals surface area contributed by atoms with Crippen molar-refractivity contribution in [1.29, 1.82) is 5.26 Å². The van der Waals surface area contributed by atoms with Crippen LogP contribution in [0.25, 0.3) is 0 Å². The molecular weight excluding hydrogens is 162 g/mol. The molecule has 0 aromatic carbocycles. The summed E-state index contributed by atoms with van der Waals surface area (Å²) in [6, 6.07) is 3.13. The van der Waals surface area contributed by atoms with Crippen molar-refractivity contribution in [3.8, 4) is 6.07 Å². The molecule has 0 saturated heterocycles. The summed E-state index contributed by atoms with van der Waals surface area (Å²) in [7, 11) is 0. The number of nitrogens with zero attached hydrogens (tertiary/aromatic N) is 2. The van der Waals surface area contributed by atoms with Crippen LogP contribution < -0.4 is 0 Å². The monoisotopic (exact) mass is 168 g/mol. The molecule has 0 bridgehead atoms. The number of halogens is 2. The lowest BCUT2D eigenvalue weighted by Crippen LogP contribution is -1.93. The van der Waals surface area contributed by atoms with Crippen molar-refractivity contribution in [3.05, 3.63) is 29.1 Å². The summed E-state index contributed by atoms with van der Waals surface area (Å²) < 4.78 is 24.3. The molecule has 1 aromatic heterocycles. The van der Waals surface area contributed by atoms with Gasteiger partial charge in [-0.05, 0) is 18.6 Å². The summed E-state index contributed by atoms with van der Waals surface area (Å²) in [4.78, 5) is 3.54. The number of rotatable bonds is 1. The molecule has 1 rings (SSSR count). The van der Waals surface area contributed by atoms with E-state index in [1.165, 1.54) is 13.0 Å². The van der Waals surface area contributed by atoms with Crippen molar-refractivity contribution in [2.24, 2.45) is 0 Å². The molecule has 62 valence electrons. The fourth-order valence-electron chi connectivity index (χ4n) is 0.856. The second-order valence-electron chi connectivity index (χ2n) is 2.34. The Labute approximate surface area is 68.5 Å². The van der Waals surface area contributed by atoms with Gasteiger partial charge in [0.2, 0.25) is 0 Å². The minimum Gasteiger partial charge on any atom is -0.245 e. The largest absolute Gasteiger partial charge is 0.265 e. The molecule has 0 radical (unpaired) electrons. The number of nitriles is 1. The number of aromatic nitrogens is 1. The van der Waals surface area contributed by atoms with Crippen LogP contribution in [0.5, 0.6) is 0 Å². The fourth-order valence-corrected chi connectivity index (χ4v) is 0.856. The average molecular weight is 168 g/mol. The number of hydrogen-bond acceptors (Lipinski definition) is 2. The Kier molecular flexibility index (Phi) is 2.34. The lowest BCUT2D eigenvalue weighted by molar-refractivity contribution is 0.150. The molecule has 1 heterocycles. The predicted molar refractivity (Wildman–Crippen MR) is 38.6 cm³/mol. The molecule has 0 aliphatic heterocycles. The van der Waals surface area contributed by atoms with Crippen LogP contribution in [-0.4, -0.2) is 4.98 Å². The molecule has 2 nitrogen and oxygen atoms in total. The number of alkyl halides is 2. The smallest absolute Gasteiger partial charge is 0.245 e. The van der Waals surface area contributed by atoms with Gasteiger partial charge in [0, 0.05) is 11.8 Å². The lowest BCUT2D eigenvalue weighted by Gasteiger charge is -2.02. The highest BCUT2D eigenvalue weighted by Crippen LogP contribution is 2.21. The maximum Gasteiger partial charge on any atom is 0.265 e. The fraction of sp³-hybridized carbons (Fsp3) is 0.250. The Morgan fingerprint density at radius 1 is 1.58 bits per heavy atom. The van der Waals surface area contributed by atoms with Gasteiger partial charge in [0.1, 0.15) is 11.8 Å². The average Bonchev–Trinajstić information content (AvgIpc) is 2.03. The summed E-state index contributed by atoms with van der Waals surface area (Å²) in [5.74, 6) is 0. The van der Waals surface area contributed by atoms with Crippen LogP contribution in [0.2, 0.25) is 0 Å². The third-order valence-corrected chi connectivity index (χ3v) is 1.50. The highest BCUT2D eigenvalue weighted by Gasteiger charge is 2.10. The number of hydrogen-bond donors (Lipinski definition) is 0. The van der Waals surface area contributed by atoms with Crippen molar-refractivity contribution >= 4 is 0 Å². The molecule has 0 amide bonds. The molecule has 0 saturated carbocycles. The molecule has 0 N–H and O–H groups in total. The van der Waals surface area contributed by atoms with Gasteiger partial charge in [0.25, 0.3) is 6.43 Å². The van der Waals surface area contributed by atoms with Crippen LogP contribution in [0.15, 0.2) is 12.3 Å². The van der Waals surface area contributed by atoms with E-state index in [0.717, 1.165) is 6.20 Å². The summed E-state index contributed by atoms with van der Waals surface area (Å²) in [6.07, 6.45) is -1.48. The van der Waals surface area contributed by atoms with E-state index in [-0.39, 0.29) is 11.3 Å². The summed E-state index contributed by atoms with van der Waals surface area (Å²) >= 11 is 0. The van der Waals surface area contributed by atoms with E-state index < -0.39 is 6.43 Å². The van der Waals surface area contributed by atoms with Gasteiger partial charge < -0.3 is 0 Å². The van der Waals surface area contributed by atoms with Crippen molar-refractivity contribution < 1.29 is 8.78 Å². The van der Waals surface area contributed by atoms with Crippen LogP contribution >= 0.6 is 0 Å². The van der Waals surface area contributed by atoms with E-state index in [0.29, 0.717) is 5.56 Å². The highest BCUT2D eigenvalue weighted by molar-refractivity contribution is 5.31. The quantitative estimate of drug-likeness (QED) is 0.644. The van der Waals surface area contributed by atoms with E-state index in [9.17, 15) is 8.78 Å². The van der Waals surface area contributed by atoms with Crippen LogP contribution in [0.4, 0.5) is 8.78 Å². The zero-order valence-electron chi connectivity index (χ0n) is 6.38. The number of aryl methyl sites for hydroxylation is 1. The molecule has 0 fully saturated rings. The SMILES string of the molecule is Cc1cc(C#N)ncc1C(F)F. The molecule has 0 unspecified atom stereocenters. The van der Waals surface area contributed by atoms with Gasteiger partial charge >= 0.3 is 0 Å². The molecule has 0 aliphatic carbocycles. The predicted octanol–water partition coefficient (Wildman–Crippen LogP) is 2.20. The Balaban J connectivity index is 3.14.